The summed E-state index contributed by atoms with van der Waals surface area (Å²) in [7, 11) is 0. The summed E-state index contributed by atoms with van der Waals surface area (Å²) >= 11 is 1.48. The Bertz CT molecular complexity index is 420. The molecule has 0 N–H and O–H groups in total. The molecule has 94 valence electrons. The second-order valence-electron chi connectivity index (χ2n) is 4.61. The maximum atomic E-state index is 12.4. The molecule has 1 amide bonds. The highest BCUT2D eigenvalue weighted by Gasteiger charge is 2.28. The van der Waals surface area contributed by atoms with Gasteiger partial charge >= 0.3 is 0 Å². The first-order valence-electron chi connectivity index (χ1n) is 5.86. The molecule has 0 spiro atoms. The maximum Gasteiger partial charge on any atom is 0.266 e. The highest BCUT2D eigenvalue weighted by molar-refractivity contribution is 7.13. The first-order chi connectivity index (χ1) is 7.97. The SMILES string of the molecule is Cc1nc(C)c(C(=O)N2C[C@@H](C)O[C@H](C)C2)s1. The molecule has 1 fully saturated rings. The number of carbonyl (C=O) groups is 1. The van der Waals surface area contributed by atoms with Crippen molar-refractivity contribution in [2.45, 2.75) is 39.9 Å². The summed E-state index contributed by atoms with van der Waals surface area (Å²) < 4.78 is 5.63. The normalized spacial score (nSPS) is 25.1. The molecule has 2 rings (SSSR count). The van der Waals surface area contributed by atoms with Gasteiger partial charge in [0.25, 0.3) is 5.91 Å². The van der Waals surface area contributed by atoms with E-state index in [4.69, 9.17) is 4.74 Å². The van der Waals surface area contributed by atoms with E-state index in [0.29, 0.717) is 13.1 Å². The fourth-order valence-corrected chi connectivity index (χ4v) is 3.10. The van der Waals surface area contributed by atoms with Crippen LogP contribution >= 0.6 is 11.3 Å². The minimum Gasteiger partial charge on any atom is -0.372 e. The number of amides is 1. The van der Waals surface area contributed by atoms with E-state index in [0.717, 1.165) is 15.6 Å². The first kappa shape index (κ1) is 12.5. The molecule has 5 heteroatoms. The van der Waals surface area contributed by atoms with Crippen molar-refractivity contribution in [3.8, 4) is 0 Å². The van der Waals surface area contributed by atoms with Crippen LogP contribution in [0.4, 0.5) is 0 Å². The van der Waals surface area contributed by atoms with Crippen LogP contribution < -0.4 is 0 Å². The second kappa shape index (κ2) is 4.74. The minimum atomic E-state index is 0.0927. The molecule has 1 aromatic heterocycles. The molecule has 2 atom stereocenters. The summed E-state index contributed by atoms with van der Waals surface area (Å²) in [5.41, 5.74) is 0.837. The van der Waals surface area contributed by atoms with Crippen LogP contribution in [-0.4, -0.2) is 41.1 Å². The fraction of sp³-hybridized carbons (Fsp3) is 0.667. The van der Waals surface area contributed by atoms with Crippen molar-refractivity contribution >= 4 is 17.2 Å². The van der Waals surface area contributed by atoms with Crippen LogP contribution in [0, 0.1) is 13.8 Å². The van der Waals surface area contributed by atoms with Gasteiger partial charge in [-0.15, -0.1) is 11.3 Å². The third-order valence-corrected chi connectivity index (χ3v) is 3.87. The van der Waals surface area contributed by atoms with Crippen LogP contribution in [0.5, 0.6) is 0 Å². The van der Waals surface area contributed by atoms with Crippen LogP contribution in [0.15, 0.2) is 0 Å². The molecule has 0 bridgehead atoms. The highest BCUT2D eigenvalue weighted by Crippen LogP contribution is 2.21. The number of ether oxygens (including phenoxy) is 1. The zero-order valence-corrected chi connectivity index (χ0v) is 11.5. The molecule has 1 aliphatic heterocycles. The van der Waals surface area contributed by atoms with Gasteiger partial charge in [-0.2, -0.15) is 0 Å². The first-order valence-corrected chi connectivity index (χ1v) is 6.67. The van der Waals surface area contributed by atoms with Crippen molar-refractivity contribution in [1.29, 1.82) is 0 Å². The molecular formula is C12H18N2O2S. The van der Waals surface area contributed by atoms with Gasteiger partial charge in [-0.3, -0.25) is 4.79 Å². The Hall–Kier alpha value is -0.940. The highest BCUT2D eigenvalue weighted by atomic mass is 32.1. The van der Waals surface area contributed by atoms with Crippen molar-refractivity contribution in [1.82, 2.24) is 9.88 Å². The van der Waals surface area contributed by atoms with E-state index < -0.39 is 0 Å². The van der Waals surface area contributed by atoms with Gasteiger partial charge in [0.05, 0.1) is 22.9 Å². The fourth-order valence-electron chi connectivity index (χ4n) is 2.22. The van der Waals surface area contributed by atoms with Crippen LogP contribution in [-0.2, 0) is 4.74 Å². The molecule has 17 heavy (non-hydrogen) atoms. The average molecular weight is 254 g/mol. The van der Waals surface area contributed by atoms with E-state index in [1.54, 1.807) is 0 Å². The lowest BCUT2D eigenvalue weighted by Crippen LogP contribution is -2.48. The summed E-state index contributed by atoms with van der Waals surface area (Å²) in [5, 5.41) is 0.945. The number of aryl methyl sites for hydroxylation is 2. The van der Waals surface area contributed by atoms with Gasteiger partial charge in [0.1, 0.15) is 4.88 Å². The van der Waals surface area contributed by atoms with Gasteiger partial charge in [-0.1, -0.05) is 0 Å². The third kappa shape index (κ3) is 2.66. The average Bonchev–Trinajstić information content (AvgIpc) is 2.55. The summed E-state index contributed by atoms with van der Waals surface area (Å²) in [5.74, 6) is 0.0927. The number of morpholine rings is 1. The number of nitrogens with zero attached hydrogens (tertiary/aromatic N) is 2. The van der Waals surface area contributed by atoms with Gasteiger partial charge in [-0.05, 0) is 27.7 Å². The Kier molecular flexibility index (Phi) is 3.49. The lowest BCUT2D eigenvalue weighted by molar-refractivity contribution is -0.0585. The van der Waals surface area contributed by atoms with Crippen molar-refractivity contribution in [3.63, 3.8) is 0 Å². The molecule has 1 aliphatic rings. The van der Waals surface area contributed by atoms with Crippen molar-refractivity contribution in [2.24, 2.45) is 0 Å². The second-order valence-corrected chi connectivity index (χ2v) is 5.82. The number of hydrogen-bond acceptors (Lipinski definition) is 4. The minimum absolute atomic E-state index is 0.0927. The van der Waals surface area contributed by atoms with Crippen molar-refractivity contribution in [2.75, 3.05) is 13.1 Å². The van der Waals surface area contributed by atoms with Crippen molar-refractivity contribution in [3.05, 3.63) is 15.6 Å². The smallest absolute Gasteiger partial charge is 0.266 e. The van der Waals surface area contributed by atoms with Crippen LogP contribution in [0.1, 0.15) is 34.2 Å². The quantitative estimate of drug-likeness (QED) is 0.770. The molecular weight excluding hydrogens is 236 g/mol. The van der Waals surface area contributed by atoms with E-state index in [9.17, 15) is 4.79 Å². The standard InChI is InChI=1S/C12H18N2O2S/c1-7-5-14(6-8(2)16-7)12(15)11-9(3)13-10(4)17-11/h7-8H,5-6H2,1-4H3/t7-,8-/m1/s1. The van der Waals surface area contributed by atoms with Gasteiger partial charge in [0.2, 0.25) is 0 Å². The molecule has 2 heterocycles. The Morgan fingerprint density at radius 3 is 2.41 bits per heavy atom. The zero-order chi connectivity index (χ0) is 12.6. The predicted octanol–water partition coefficient (Wildman–Crippen LogP) is 2.01. The maximum absolute atomic E-state index is 12.4. The van der Waals surface area contributed by atoms with Crippen LogP contribution in [0.25, 0.3) is 0 Å². The molecule has 1 saturated heterocycles. The molecule has 0 radical (unpaired) electrons. The lowest BCUT2D eigenvalue weighted by atomic mass is 10.2. The van der Waals surface area contributed by atoms with Gasteiger partial charge < -0.3 is 9.64 Å². The van der Waals surface area contributed by atoms with Crippen molar-refractivity contribution < 1.29 is 9.53 Å². The predicted molar refractivity (Wildman–Crippen MR) is 67.5 cm³/mol. The number of aromatic nitrogens is 1. The number of rotatable bonds is 1. The Morgan fingerprint density at radius 2 is 1.94 bits per heavy atom. The van der Waals surface area contributed by atoms with E-state index in [2.05, 4.69) is 4.98 Å². The Morgan fingerprint density at radius 1 is 1.35 bits per heavy atom. The number of hydrogen-bond donors (Lipinski definition) is 0. The summed E-state index contributed by atoms with van der Waals surface area (Å²) in [4.78, 5) is 19.3. The van der Waals surface area contributed by atoms with Crippen LogP contribution in [0.2, 0.25) is 0 Å². The Balaban J connectivity index is 2.17. The molecule has 0 aliphatic carbocycles. The lowest BCUT2D eigenvalue weighted by Gasteiger charge is -2.35. The summed E-state index contributed by atoms with van der Waals surface area (Å²) in [6.45, 7) is 9.16. The topological polar surface area (TPSA) is 42.4 Å². The van der Waals surface area contributed by atoms with Gasteiger partial charge in [0.15, 0.2) is 0 Å². The molecule has 4 nitrogen and oxygen atoms in total. The molecule has 1 aromatic rings. The largest absolute Gasteiger partial charge is 0.372 e. The monoisotopic (exact) mass is 254 g/mol. The summed E-state index contributed by atoms with van der Waals surface area (Å²) in [6.07, 6.45) is 0.217. The van der Waals surface area contributed by atoms with E-state index in [1.807, 2.05) is 32.6 Å². The zero-order valence-electron chi connectivity index (χ0n) is 10.7. The molecule has 0 aromatic carbocycles. The Labute approximate surface area is 106 Å². The van der Waals surface area contributed by atoms with E-state index in [-0.39, 0.29) is 18.1 Å². The molecule has 0 saturated carbocycles. The van der Waals surface area contributed by atoms with Gasteiger partial charge in [-0.25, -0.2) is 4.98 Å². The van der Waals surface area contributed by atoms with Crippen LogP contribution in [0.3, 0.4) is 0 Å². The number of thiazole rings is 1. The van der Waals surface area contributed by atoms with E-state index in [1.165, 1.54) is 11.3 Å². The van der Waals surface area contributed by atoms with Gasteiger partial charge in [0, 0.05) is 13.1 Å². The number of carbonyl (C=O) groups excluding carboxylic acids is 1. The molecule has 0 unspecified atom stereocenters. The summed E-state index contributed by atoms with van der Waals surface area (Å²) in [6, 6.07) is 0. The third-order valence-electron chi connectivity index (χ3n) is 2.80. The van der Waals surface area contributed by atoms with E-state index >= 15 is 0 Å².